The summed E-state index contributed by atoms with van der Waals surface area (Å²) in [6.45, 7) is 5.51. The maximum Gasteiger partial charge on any atom is 0.419 e. The highest BCUT2D eigenvalue weighted by Gasteiger charge is 2.38. The zero-order valence-electron chi connectivity index (χ0n) is 17.6. The minimum Gasteiger partial charge on any atom is -0.493 e. The summed E-state index contributed by atoms with van der Waals surface area (Å²) in [4.78, 5) is 25.6. The average Bonchev–Trinajstić information content (AvgIpc) is 3.12. The summed E-state index contributed by atoms with van der Waals surface area (Å²) >= 11 is 0. The van der Waals surface area contributed by atoms with E-state index in [-0.39, 0.29) is 11.9 Å². The second-order valence-electron chi connectivity index (χ2n) is 8.82. The van der Waals surface area contributed by atoms with Crippen LogP contribution < -0.4 is 4.74 Å². The van der Waals surface area contributed by atoms with Crippen LogP contribution in [0.1, 0.15) is 49.2 Å². The molecule has 0 amide bonds. The molecule has 0 radical (unpaired) electrons. The molecule has 5 rings (SSSR count). The molecular weight excluding hydrogens is 394 g/mol. The SMILES string of the molecule is CC(C)(C)OC(=O)n1cc(C2CC3Oc4ccccc4C(=O)C3=CO2)c2ccccc21. The highest BCUT2D eigenvalue weighted by atomic mass is 16.6. The van der Waals surface area contributed by atoms with Crippen LogP contribution in [0.3, 0.4) is 0 Å². The van der Waals surface area contributed by atoms with Gasteiger partial charge in [-0.1, -0.05) is 30.3 Å². The Balaban J connectivity index is 1.51. The lowest BCUT2D eigenvalue weighted by Gasteiger charge is -2.33. The van der Waals surface area contributed by atoms with Gasteiger partial charge in [0.2, 0.25) is 0 Å². The van der Waals surface area contributed by atoms with E-state index in [0.717, 1.165) is 16.5 Å². The molecule has 1 aromatic heterocycles. The predicted octanol–water partition coefficient (Wildman–Crippen LogP) is 5.41. The van der Waals surface area contributed by atoms with E-state index < -0.39 is 17.8 Å². The zero-order valence-corrected chi connectivity index (χ0v) is 17.6. The first-order valence-electron chi connectivity index (χ1n) is 10.3. The molecule has 2 aromatic carbocycles. The first-order chi connectivity index (χ1) is 14.8. The maximum atomic E-state index is 12.8. The number of carbonyl (C=O) groups excluding carboxylic acids is 2. The van der Waals surface area contributed by atoms with Gasteiger partial charge in [-0.15, -0.1) is 0 Å². The van der Waals surface area contributed by atoms with Crippen LogP contribution in [0.15, 0.2) is 66.6 Å². The number of hydrogen-bond acceptors (Lipinski definition) is 5. The number of fused-ring (bicyclic) bond motifs is 3. The van der Waals surface area contributed by atoms with Crippen molar-refractivity contribution in [2.45, 2.75) is 45.0 Å². The summed E-state index contributed by atoms with van der Waals surface area (Å²) in [5.41, 5.74) is 2.06. The van der Waals surface area contributed by atoms with Gasteiger partial charge < -0.3 is 14.2 Å². The fraction of sp³-hybridized carbons (Fsp3) is 0.280. The highest BCUT2D eigenvalue weighted by molar-refractivity contribution is 6.12. The van der Waals surface area contributed by atoms with E-state index in [1.807, 2.05) is 63.2 Å². The molecule has 158 valence electrons. The van der Waals surface area contributed by atoms with Gasteiger partial charge in [-0.2, -0.15) is 0 Å². The molecule has 3 heterocycles. The van der Waals surface area contributed by atoms with Crippen molar-refractivity contribution in [3.05, 3.63) is 77.7 Å². The molecule has 6 heteroatoms. The Labute approximate surface area is 180 Å². The fourth-order valence-corrected chi connectivity index (χ4v) is 4.11. The van der Waals surface area contributed by atoms with E-state index >= 15 is 0 Å². The largest absolute Gasteiger partial charge is 0.493 e. The van der Waals surface area contributed by atoms with Gasteiger partial charge >= 0.3 is 6.09 Å². The van der Waals surface area contributed by atoms with Crippen molar-refractivity contribution < 1.29 is 23.8 Å². The molecule has 3 aromatic rings. The van der Waals surface area contributed by atoms with Crippen molar-refractivity contribution in [3.63, 3.8) is 0 Å². The Morgan fingerprint density at radius 2 is 1.81 bits per heavy atom. The van der Waals surface area contributed by atoms with E-state index in [4.69, 9.17) is 14.2 Å². The van der Waals surface area contributed by atoms with Crippen molar-refractivity contribution in [1.82, 2.24) is 4.57 Å². The quantitative estimate of drug-likeness (QED) is 0.529. The van der Waals surface area contributed by atoms with Crippen LogP contribution in [-0.2, 0) is 9.47 Å². The van der Waals surface area contributed by atoms with Crippen LogP contribution in [0.25, 0.3) is 10.9 Å². The summed E-state index contributed by atoms with van der Waals surface area (Å²) in [5.74, 6) is 0.521. The van der Waals surface area contributed by atoms with Crippen LogP contribution in [0.5, 0.6) is 5.75 Å². The number of benzene rings is 2. The van der Waals surface area contributed by atoms with E-state index in [1.54, 1.807) is 12.3 Å². The number of ether oxygens (including phenoxy) is 3. The zero-order chi connectivity index (χ0) is 21.8. The van der Waals surface area contributed by atoms with Crippen molar-refractivity contribution >= 4 is 22.8 Å². The van der Waals surface area contributed by atoms with Gasteiger partial charge in [-0.05, 0) is 39.0 Å². The van der Waals surface area contributed by atoms with Gasteiger partial charge in [0.1, 0.15) is 23.6 Å². The third-order valence-electron chi connectivity index (χ3n) is 5.48. The number of carbonyl (C=O) groups is 2. The Morgan fingerprint density at radius 1 is 1.06 bits per heavy atom. The number of nitrogens with zero attached hydrogens (tertiary/aromatic N) is 1. The van der Waals surface area contributed by atoms with Crippen LogP contribution in [0.2, 0.25) is 0 Å². The lowest BCUT2D eigenvalue weighted by molar-refractivity contribution is 0.0531. The molecule has 0 saturated heterocycles. The Kier molecular flexibility index (Phi) is 4.39. The van der Waals surface area contributed by atoms with Gasteiger partial charge in [-0.25, -0.2) is 4.79 Å². The molecule has 0 saturated carbocycles. The molecular formula is C25H23NO5. The molecule has 0 bridgehead atoms. The minimum absolute atomic E-state index is 0.0681. The third kappa shape index (κ3) is 3.38. The van der Waals surface area contributed by atoms with Crippen molar-refractivity contribution in [1.29, 1.82) is 0 Å². The number of ketones is 1. The normalized spacial score (nSPS) is 20.2. The molecule has 2 aliphatic rings. The Morgan fingerprint density at radius 3 is 2.61 bits per heavy atom. The van der Waals surface area contributed by atoms with E-state index in [9.17, 15) is 9.59 Å². The summed E-state index contributed by atoms with van der Waals surface area (Å²) in [7, 11) is 0. The van der Waals surface area contributed by atoms with Crippen LogP contribution in [0.4, 0.5) is 4.79 Å². The average molecular weight is 417 g/mol. The molecule has 6 nitrogen and oxygen atoms in total. The van der Waals surface area contributed by atoms with Crippen LogP contribution >= 0.6 is 0 Å². The predicted molar refractivity (Wildman–Crippen MR) is 115 cm³/mol. The molecule has 0 spiro atoms. The number of aromatic nitrogens is 1. The van der Waals surface area contributed by atoms with Crippen LogP contribution in [-0.4, -0.2) is 28.1 Å². The van der Waals surface area contributed by atoms with E-state index in [0.29, 0.717) is 23.3 Å². The molecule has 31 heavy (non-hydrogen) atoms. The summed E-state index contributed by atoms with van der Waals surface area (Å²) in [6.07, 6.45) is 2.54. The molecule has 2 aliphatic heterocycles. The number of Topliss-reactive ketones (excluding diaryl/α,β-unsaturated/α-hetero) is 1. The van der Waals surface area contributed by atoms with Crippen molar-refractivity contribution in [2.75, 3.05) is 0 Å². The second kappa shape index (κ2) is 7.01. The first-order valence-corrected chi connectivity index (χ1v) is 10.3. The summed E-state index contributed by atoms with van der Waals surface area (Å²) < 4.78 is 19.2. The number of rotatable bonds is 1. The summed E-state index contributed by atoms with van der Waals surface area (Å²) in [6, 6.07) is 14.9. The topological polar surface area (TPSA) is 66.8 Å². The third-order valence-corrected chi connectivity index (χ3v) is 5.48. The van der Waals surface area contributed by atoms with Gasteiger partial charge in [0, 0.05) is 23.6 Å². The highest BCUT2D eigenvalue weighted by Crippen LogP contribution is 2.41. The first kappa shape index (κ1) is 19.4. The molecule has 0 N–H and O–H groups in total. The number of para-hydroxylation sites is 2. The lowest BCUT2D eigenvalue weighted by atomic mass is 9.89. The standard InChI is InChI=1S/C25H23NO5/c1-25(2,3)31-24(28)26-13-17(15-8-4-6-10-19(15)26)21-12-22-18(14-29-21)23(27)16-9-5-7-11-20(16)30-22/h4-11,13-14,21-22H,12H2,1-3H3. The lowest BCUT2D eigenvalue weighted by Crippen LogP contribution is -2.34. The molecule has 2 atom stereocenters. The maximum absolute atomic E-state index is 12.8. The molecule has 0 fully saturated rings. The molecule has 0 aliphatic carbocycles. The van der Waals surface area contributed by atoms with Gasteiger partial charge in [0.15, 0.2) is 5.78 Å². The van der Waals surface area contributed by atoms with Gasteiger partial charge in [0.05, 0.1) is 22.9 Å². The molecule has 2 unspecified atom stereocenters. The Bertz CT molecular complexity index is 1230. The smallest absolute Gasteiger partial charge is 0.419 e. The number of hydrogen-bond donors (Lipinski definition) is 0. The van der Waals surface area contributed by atoms with Gasteiger partial charge in [0.25, 0.3) is 0 Å². The van der Waals surface area contributed by atoms with Crippen molar-refractivity contribution in [3.8, 4) is 5.75 Å². The summed E-state index contributed by atoms with van der Waals surface area (Å²) in [5, 5.41) is 0.901. The Hall–Kier alpha value is -3.54. The van der Waals surface area contributed by atoms with Crippen molar-refractivity contribution in [2.24, 2.45) is 0 Å². The fourth-order valence-electron chi connectivity index (χ4n) is 4.11. The van der Waals surface area contributed by atoms with E-state index in [2.05, 4.69) is 0 Å². The van der Waals surface area contributed by atoms with E-state index in [1.165, 1.54) is 10.8 Å². The minimum atomic E-state index is -0.606. The second-order valence-corrected chi connectivity index (χ2v) is 8.82. The van der Waals surface area contributed by atoms with Crippen LogP contribution in [0, 0.1) is 0 Å². The van der Waals surface area contributed by atoms with Gasteiger partial charge in [-0.3, -0.25) is 9.36 Å². The monoisotopic (exact) mass is 417 g/mol.